The van der Waals surface area contributed by atoms with Crippen LogP contribution in [0.1, 0.15) is 34.8 Å². The Hall–Kier alpha value is -2.76. The highest BCUT2D eigenvalue weighted by Gasteiger charge is 2.37. The molecule has 0 bridgehead atoms. The van der Waals surface area contributed by atoms with Gasteiger partial charge in [-0.15, -0.1) is 5.10 Å². The Morgan fingerprint density at radius 2 is 1.97 bits per heavy atom. The molecular weight excluding hydrogens is 456 g/mol. The first kappa shape index (κ1) is 22.9. The zero-order valence-corrected chi connectivity index (χ0v) is 18.1. The van der Waals surface area contributed by atoms with Crippen LogP contribution in [0.3, 0.4) is 0 Å². The van der Waals surface area contributed by atoms with Gasteiger partial charge in [-0.2, -0.15) is 4.72 Å². The van der Waals surface area contributed by atoms with Crippen molar-refractivity contribution in [1.82, 2.24) is 14.9 Å². The zero-order valence-electron chi connectivity index (χ0n) is 16.6. The Morgan fingerprint density at radius 3 is 2.58 bits per heavy atom. The summed E-state index contributed by atoms with van der Waals surface area (Å²) < 4.78 is 68.2. The first-order valence-corrected chi connectivity index (χ1v) is 10.7. The number of ether oxygens (including phenoxy) is 1. The van der Waals surface area contributed by atoms with Gasteiger partial charge >= 0.3 is 5.76 Å². The largest absolute Gasteiger partial charge is 0.495 e. The van der Waals surface area contributed by atoms with E-state index < -0.39 is 39.7 Å². The lowest BCUT2D eigenvalue weighted by Gasteiger charge is -2.22. The van der Waals surface area contributed by atoms with Gasteiger partial charge in [-0.05, 0) is 43.2 Å². The summed E-state index contributed by atoms with van der Waals surface area (Å²) in [7, 11) is -3.22. The molecule has 12 heteroatoms. The molecule has 0 aliphatic carbocycles. The van der Waals surface area contributed by atoms with E-state index in [9.17, 15) is 17.6 Å². The van der Waals surface area contributed by atoms with Crippen LogP contribution in [-0.4, -0.2) is 25.7 Å². The molecule has 1 heterocycles. The van der Waals surface area contributed by atoms with Gasteiger partial charge in [0.15, 0.2) is 6.17 Å². The molecule has 0 saturated heterocycles. The Morgan fingerprint density at radius 1 is 1.26 bits per heavy atom. The molecule has 0 radical (unpaired) electrons. The quantitative estimate of drug-likeness (QED) is 0.542. The lowest BCUT2D eigenvalue weighted by atomic mass is 9.95. The average Bonchev–Trinajstić information content (AvgIpc) is 3.14. The van der Waals surface area contributed by atoms with Crippen LogP contribution in [-0.2, 0) is 10.0 Å². The van der Waals surface area contributed by atoms with E-state index in [2.05, 4.69) is 9.82 Å². The number of H-pyrrole nitrogens is 1. The minimum atomic E-state index is -4.46. The molecule has 2 N–H and O–H groups in total. The van der Waals surface area contributed by atoms with Crippen LogP contribution in [0.5, 0.6) is 5.75 Å². The van der Waals surface area contributed by atoms with Gasteiger partial charge in [0.25, 0.3) is 0 Å². The molecule has 31 heavy (non-hydrogen) atoms. The van der Waals surface area contributed by atoms with E-state index in [1.165, 1.54) is 32.2 Å². The Bertz CT molecular complexity index is 1280. The summed E-state index contributed by atoms with van der Waals surface area (Å²) >= 11 is 5.87. The molecular formula is C19H18ClF2N3O5S. The molecule has 2 atom stereocenters. The lowest BCUT2D eigenvalue weighted by Crippen LogP contribution is -2.32. The summed E-state index contributed by atoms with van der Waals surface area (Å²) in [5, 5.41) is 5.69. The minimum Gasteiger partial charge on any atom is -0.495 e. The topological polar surface area (TPSA) is 114 Å². The van der Waals surface area contributed by atoms with Crippen molar-refractivity contribution in [3.05, 3.63) is 74.3 Å². The van der Waals surface area contributed by atoms with E-state index in [0.717, 1.165) is 12.1 Å². The molecule has 0 amide bonds. The zero-order chi connectivity index (χ0) is 22.9. The SMILES string of the molecule is COc1cc(Cl)ccc1S(=O)(=O)NC(c1n[nH]c(=O)o1)C(F)c1c(F)ccc(C)c1C. The highest BCUT2D eigenvalue weighted by atomic mass is 35.5. The van der Waals surface area contributed by atoms with Gasteiger partial charge in [-0.3, -0.25) is 0 Å². The third kappa shape index (κ3) is 4.63. The van der Waals surface area contributed by atoms with Crippen molar-refractivity contribution < 1.29 is 26.4 Å². The van der Waals surface area contributed by atoms with Crippen molar-refractivity contribution in [2.24, 2.45) is 0 Å². The Balaban J connectivity index is 2.12. The van der Waals surface area contributed by atoms with E-state index in [1.54, 1.807) is 6.92 Å². The predicted molar refractivity (Wildman–Crippen MR) is 108 cm³/mol. The molecule has 166 valence electrons. The van der Waals surface area contributed by atoms with Gasteiger partial charge in [0.2, 0.25) is 15.9 Å². The second-order valence-corrected chi connectivity index (χ2v) is 8.77. The number of nitrogens with zero attached hydrogens (tertiary/aromatic N) is 1. The molecule has 0 fully saturated rings. The summed E-state index contributed by atoms with van der Waals surface area (Å²) in [6.07, 6.45) is -2.28. The molecule has 0 aliphatic rings. The fourth-order valence-corrected chi connectivity index (χ4v) is 4.51. The number of nitrogens with one attached hydrogen (secondary N) is 2. The Labute approximate surface area is 181 Å². The normalized spacial score (nSPS) is 13.7. The third-order valence-electron chi connectivity index (χ3n) is 4.72. The van der Waals surface area contributed by atoms with E-state index in [0.29, 0.717) is 5.56 Å². The van der Waals surface area contributed by atoms with Crippen LogP contribution in [0, 0.1) is 19.7 Å². The number of alkyl halides is 1. The highest BCUT2D eigenvalue weighted by Crippen LogP contribution is 2.37. The molecule has 0 saturated carbocycles. The third-order valence-corrected chi connectivity index (χ3v) is 6.43. The molecule has 3 rings (SSSR count). The molecule has 2 aromatic carbocycles. The summed E-state index contributed by atoms with van der Waals surface area (Å²) in [5.41, 5.74) is 0.476. The number of halogens is 3. The first-order chi connectivity index (χ1) is 14.5. The van der Waals surface area contributed by atoms with Crippen LogP contribution in [0.15, 0.2) is 44.4 Å². The van der Waals surface area contributed by atoms with Crippen molar-refractivity contribution in [2.75, 3.05) is 7.11 Å². The second kappa shape index (κ2) is 8.77. The van der Waals surface area contributed by atoms with Crippen molar-refractivity contribution in [1.29, 1.82) is 0 Å². The second-order valence-electron chi connectivity index (χ2n) is 6.65. The predicted octanol–water partition coefficient (Wildman–Crippen LogP) is 3.51. The van der Waals surface area contributed by atoms with Crippen molar-refractivity contribution in [3.63, 3.8) is 0 Å². The van der Waals surface area contributed by atoms with Crippen LogP contribution in [0.4, 0.5) is 8.78 Å². The van der Waals surface area contributed by atoms with E-state index >= 15 is 4.39 Å². The number of sulfonamides is 1. The number of aromatic nitrogens is 2. The summed E-state index contributed by atoms with van der Waals surface area (Å²) in [4.78, 5) is 11.1. The lowest BCUT2D eigenvalue weighted by molar-refractivity contribution is 0.235. The van der Waals surface area contributed by atoms with Crippen LogP contribution >= 0.6 is 11.6 Å². The van der Waals surface area contributed by atoms with Gasteiger partial charge in [-0.1, -0.05) is 17.7 Å². The fraction of sp³-hybridized carbons (Fsp3) is 0.263. The van der Waals surface area contributed by atoms with Crippen LogP contribution in [0.2, 0.25) is 5.02 Å². The summed E-state index contributed by atoms with van der Waals surface area (Å²) in [6, 6.07) is 4.40. The average molecular weight is 474 g/mol. The molecule has 1 aromatic heterocycles. The van der Waals surface area contributed by atoms with Gasteiger partial charge in [0, 0.05) is 16.7 Å². The summed E-state index contributed by atoms with van der Waals surface area (Å²) in [6.45, 7) is 3.15. The van der Waals surface area contributed by atoms with Crippen LogP contribution < -0.4 is 15.2 Å². The number of hydrogen-bond acceptors (Lipinski definition) is 6. The van der Waals surface area contributed by atoms with Crippen LogP contribution in [0.25, 0.3) is 0 Å². The molecule has 2 unspecified atom stereocenters. The van der Waals surface area contributed by atoms with Gasteiger partial charge < -0.3 is 9.15 Å². The smallest absolute Gasteiger partial charge is 0.434 e. The highest BCUT2D eigenvalue weighted by molar-refractivity contribution is 7.89. The Kier molecular flexibility index (Phi) is 6.48. The van der Waals surface area contributed by atoms with Crippen molar-refractivity contribution in [3.8, 4) is 5.75 Å². The van der Waals surface area contributed by atoms with Gasteiger partial charge in [0.05, 0.1) is 7.11 Å². The molecule has 8 nitrogen and oxygen atoms in total. The summed E-state index contributed by atoms with van der Waals surface area (Å²) in [5.74, 6) is -2.62. The minimum absolute atomic E-state index is 0.101. The number of aryl methyl sites for hydroxylation is 1. The number of rotatable bonds is 7. The monoisotopic (exact) mass is 473 g/mol. The first-order valence-electron chi connectivity index (χ1n) is 8.86. The maximum Gasteiger partial charge on any atom is 0.434 e. The van der Waals surface area contributed by atoms with E-state index in [-0.39, 0.29) is 26.8 Å². The number of methoxy groups -OCH3 is 1. The standard InChI is InChI=1S/C19H18ClF2N3O5S/c1-9-4-6-12(21)15(10(9)2)16(22)17(18-23-24-19(26)30-18)25-31(27,28)14-7-5-11(20)8-13(14)29-3/h4-8,16-17,25H,1-3H3,(H,24,26). The van der Waals surface area contributed by atoms with Crippen molar-refractivity contribution >= 4 is 21.6 Å². The van der Waals surface area contributed by atoms with E-state index in [4.69, 9.17) is 20.8 Å². The maximum absolute atomic E-state index is 15.7. The molecule has 0 aliphatic heterocycles. The van der Waals surface area contributed by atoms with E-state index in [1.807, 2.05) is 5.10 Å². The molecule has 0 spiro atoms. The number of benzene rings is 2. The molecule has 3 aromatic rings. The van der Waals surface area contributed by atoms with Crippen molar-refractivity contribution in [2.45, 2.75) is 31.0 Å². The van der Waals surface area contributed by atoms with Gasteiger partial charge in [0.1, 0.15) is 22.5 Å². The number of aromatic amines is 1. The van der Waals surface area contributed by atoms with Gasteiger partial charge in [-0.25, -0.2) is 27.1 Å². The maximum atomic E-state index is 15.7. The number of hydrogen-bond donors (Lipinski definition) is 2. The fourth-order valence-electron chi connectivity index (χ4n) is 3.01.